The second-order valence-electron chi connectivity index (χ2n) is 4.14. The Labute approximate surface area is 145 Å². The lowest BCUT2D eigenvalue weighted by Gasteiger charge is -2.05. The van der Waals surface area contributed by atoms with Gasteiger partial charge in [-0.15, -0.1) is 11.3 Å². The molecule has 1 N–H and O–H groups in total. The molecule has 0 aliphatic rings. The molecule has 1 amide bonds. The molecule has 0 unspecified atom stereocenters. The summed E-state index contributed by atoms with van der Waals surface area (Å²) >= 11 is 18.1. The van der Waals surface area contributed by atoms with Crippen molar-refractivity contribution in [2.75, 3.05) is 12.4 Å². The molecule has 1 aromatic heterocycles. The van der Waals surface area contributed by atoms with Crippen LogP contribution in [0.15, 0.2) is 30.3 Å². The molecular weight excluding hydrogens is 369 g/mol. The van der Waals surface area contributed by atoms with Crippen LogP contribution in [0.3, 0.4) is 0 Å². The van der Waals surface area contributed by atoms with Crippen LogP contribution < -0.4 is 5.32 Å². The van der Waals surface area contributed by atoms with Gasteiger partial charge in [0.1, 0.15) is 4.88 Å². The van der Waals surface area contributed by atoms with Crippen LogP contribution >= 0.6 is 46.1 Å². The first-order valence-corrected chi connectivity index (χ1v) is 8.06. The van der Waals surface area contributed by atoms with Crippen LogP contribution in [0.5, 0.6) is 0 Å². The summed E-state index contributed by atoms with van der Waals surface area (Å²) in [5.74, 6) is -1.17. The quantitative estimate of drug-likeness (QED) is 0.625. The van der Waals surface area contributed by atoms with E-state index in [0.717, 1.165) is 10.4 Å². The van der Waals surface area contributed by atoms with Crippen LogP contribution in [0.2, 0.25) is 5.02 Å². The van der Waals surface area contributed by atoms with Crippen LogP contribution in [-0.2, 0) is 9.53 Å². The highest BCUT2D eigenvalue weighted by atomic mass is 35.5. The van der Waals surface area contributed by atoms with E-state index in [4.69, 9.17) is 39.5 Å². The zero-order valence-corrected chi connectivity index (χ0v) is 14.3. The first-order valence-electron chi connectivity index (χ1n) is 5.99. The van der Waals surface area contributed by atoms with Crippen molar-refractivity contribution in [2.45, 2.75) is 4.84 Å². The van der Waals surface area contributed by atoms with Crippen LogP contribution in [0.4, 0.5) is 5.69 Å². The van der Waals surface area contributed by atoms with Crippen molar-refractivity contribution < 1.29 is 14.3 Å². The number of hydrogen-bond donors (Lipinski definition) is 1. The minimum atomic E-state index is -1.23. The normalized spacial score (nSPS) is 10.6. The maximum Gasteiger partial charge on any atom is 0.350 e. The molecule has 4 nitrogen and oxygen atoms in total. The van der Waals surface area contributed by atoms with Crippen molar-refractivity contribution in [1.29, 1.82) is 0 Å². The molecule has 0 bridgehead atoms. The van der Waals surface area contributed by atoms with Crippen molar-refractivity contribution in [3.8, 4) is 10.4 Å². The number of nitrogens with one attached hydrogen (secondary N) is 1. The number of ether oxygens (including phenoxy) is 1. The van der Waals surface area contributed by atoms with Gasteiger partial charge in [0, 0.05) is 9.90 Å². The molecule has 0 saturated heterocycles. The molecular formula is C14H10Cl3NO3S. The number of anilines is 1. The largest absolute Gasteiger partial charge is 0.465 e. The smallest absolute Gasteiger partial charge is 0.350 e. The topological polar surface area (TPSA) is 55.4 Å². The number of methoxy groups -OCH3 is 1. The standard InChI is InChI=1S/C14H10Cl3NO3S/c1-21-14(20)11-9(18-13(19)12(16)17)6-10(22-11)7-2-4-8(15)5-3-7/h2-6,12H,1H3,(H,18,19). The number of hydrogen-bond acceptors (Lipinski definition) is 4. The van der Waals surface area contributed by atoms with Crippen LogP contribution in [0, 0.1) is 0 Å². The highest BCUT2D eigenvalue weighted by Crippen LogP contribution is 2.36. The maximum absolute atomic E-state index is 11.8. The van der Waals surface area contributed by atoms with E-state index in [2.05, 4.69) is 5.32 Å². The summed E-state index contributed by atoms with van der Waals surface area (Å²) in [7, 11) is 1.27. The third-order valence-corrected chi connectivity index (χ3v) is 4.50. The molecule has 1 heterocycles. The van der Waals surface area contributed by atoms with E-state index in [9.17, 15) is 9.59 Å². The van der Waals surface area contributed by atoms with E-state index in [1.54, 1.807) is 18.2 Å². The maximum atomic E-state index is 11.8. The van der Waals surface area contributed by atoms with Gasteiger partial charge in [0.15, 0.2) is 4.84 Å². The van der Waals surface area contributed by atoms with Crippen molar-refractivity contribution in [3.63, 3.8) is 0 Å². The fourth-order valence-electron chi connectivity index (χ4n) is 1.67. The van der Waals surface area contributed by atoms with Crippen molar-refractivity contribution in [2.24, 2.45) is 0 Å². The highest BCUT2D eigenvalue weighted by Gasteiger charge is 2.21. The van der Waals surface area contributed by atoms with Gasteiger partial charge in [-0.2, -0.15) is 0 Å². The van der Waals surface area contributed by atoms with E-state index in [-0.39, 0.29) is 4.88 Å². The van der Waals surface area contributed by atoms with Gasteiger partial charge < -0.3 is 10.1 Å². The van der Waals surface area contributed by atoms with Crippen molar-refractivity contribution in [3.05, 3.63) is 40.2 Å². The predicted molar refractivity (Wildman–Crippen MR) is 90.2 cm³/mol. The fourth-order valence-corrected chi connectivity index (χ4v) is 2.94. The molecule has 0 aliphatic heterocycles. The zero-order valence-electron chi connectivity index (χ0n) is 11.2. The van der Waals surface area contributed by atoms with Gasteiger partial charge >= 0.3 is 5.97 Å². The first kappa shape index (κ1) is 17.1. The number of esters is 1. The highest BCUT2D eigenvalue weighted by molar-refractivity contribution is 7.18. The summed E-state index contributed by atoms with van der Waals surface area (Å²) in [5.41, 5.74) is 1.16. The van der Waals surface area contributed by atoms with Crippen LogP contribution in [0.1, 0.15) is 9.67 Å². The first-order chi connectivity index (χ1) is 10.4. The molecule has 2 aromatic rings. The second kappa shape index (κ2) is 7.33. The Hall–Kier alpha value is -1.27. The lowest BCUT2D eigenvalue weighted by atomic mass is 10.2. The van der Waals surface area contributed by atoms with Gasteiger partial charge in [-0.3, -0.25) is 4.79 Å². The lowest BCUT2D eigenvalue weighted by Crippen LogP contribution is -2.19. The monoisotopic (exact) mass is 377 g/mol. The summed E-state index contributed by atoms with van der Waals surface area (Å²) in [6, 6.07) is 8.76. The van der Waals surface area contributed by atoms with Crippen LogP contribution in [-0.4, -0.2) is 23.8 Å². The predicted octanol–water partition coefficient (Wildman–Crippen LogP) is 4.60. The third kappa shape index (κ3) is 3.93. The summed E-state index contributed by atoms with van der Waals surface area (Å²) < 4.78 is 4.72. The van der Waals surface area contributed by atoms with E-state index in [0.29, 0.717) is 10.7 Å². The van der Waals surface area contributed by atoms with E-state index < -0.39 is 16.7 Å². The van der Waals surface area contributed by atoms with Crippen molar-refractivity contribution in [1.82, 2.24) is 0 Å². The van der Waals surface area contributed by atoms with Gasteiger partial charge in [0.05, 0.1) is 12.8 Å². The molecule has 0 atom stereocenters. The molecule has 0 fully saturated rings. The Morgan fingerprint density at radius 3 is 2.41 bits per heavy atom. The van der Waals surface area contributed by atoms with Crippen molar-refractivity contribution >= 4 is 63.7 Å². The third-order valence-electron chi connectivity index (χ3n) is 2.69. The molecule has 116 valence electrons. The van der Waals surface area contributed by atoms with Gasteiger partial charge in [-0.25, -0.2) is 4.79 Å². The minimum Gasteiger partial charge on any atom is -0.465 e. The van der Waals surface area contributed by atoms with Gasteiger partial charge in [-0.05, 0) is 23.8 Å². The summed E-state index contributed by atoms with van der Waals surface area (Å²) in [6.07, 6.45) is 0. The number of rotatable bonds is 4. The second-order valence-corrected chi connectivity index (χ2v) is 6.73. The average molecular weight is 379 g/mol. The number of thiophene rings is 1. The average Bonchev–Trinajstić information content (AvgIpc) is 2.90. The Morgan fingerprint density at radius 1 is 1.23 bits per heavy atom. The molecule has 22 heavy (non-hydrogen) atoms. The van der Waals surface area contributed by atoms with E-state index >= 15 is 0 Å². The molecule has 0 spiro atoms. The van der Waals surface area contributed by atoms with Gasteiger partial charge in [0.25, 0.3) is 5.91 Å². The fraction of sp³-hybridized carbons (Fsp3) is 0.143. The number of benzene rings is 1. The molecule has 1 aromatic carbocycles. The Balaban J connectivity index is 2.41. The molecule has 0 radical (unpaired) electrons. The Morgan fingerprint density at radius 2 is 1.86 bits per heavy atom. The Bertz CT molecular complexity index is 698. The number of halogens is 3. The van der Waals surface area contributed by atoms with Gasteiger partial charge in [0.2, 0.25) is 0 Å². The number of carbonyl (C=O) groups excluding carboxylic acids is 2. The SMILES string of the molecule is COC(=O)c1sc(-c2ccc(Cl)cc2)cc1NC(=O)C(Cl)Cl. The van der Waals surface area contributed by atoms with E-state index in [1.807, 2.05) is 12.1 Å². The summed E-state index contributed by atoms with van der Waals surface area (Å²) in [4.78, 5) is 23.3. The number of carbonyl (C=O) groups is 2. The molecule has 8 heteroatoms. The number of amides is 1. The minimum absolute atomic E-state index is 0.259. The Kier molecular flexibility index (Phi) is 5.69. The molecule has 0 saturated carbocycles. The zero-order chi connectivity index (χ0) is 16.3. The van der Waals surface area contributed by atoms with E-state index in [1.165, 1.54) is 18.4 Å². The molecule has 2 rings (SSSR count). The summed E-state index contributed by atoms with van der Waals surface area (Å²) in [5, 5.41) is 3.11. The number of alkyl halides is 2. The molecule has 0 aliphatic carbocycles. The van der Waals surface area contributed by atoms with Gasteiger partial charge in [-0.1, -0.05) is 46.9 Å². The summed E-state index contributed by atoms with van der Waals surface area (Å²) in [6.45, 7) is 0. The lowest BCUT2D eigenvalue weighted by molar-refractivity contribution is -0.114. The van der Waals surface area contributed by atoms with Crippen LogP contribution in [0.25, 0.3) is 10.4 Å².